The van der Waals surface area contributed by atoms with E-state index in [0.717, 1.165) is 29.7 Å². The zero-order valence-electron chi connectivity index (χ0n) is 10.9. The molecular formula is C17H16O2. The number of rotatable bonds is 3. The standard InChI is InChI=1S/C17H16O2/c1-19-15-7-8-16-13(11-15)10-14(17(16)18)9-12-5-3-2-4-6-12/h2-8,11,14H,9-10H2,1H3/t14-/m1/s1. The Hall–Kier alpha value is -2.09. The number of Topliss-reactive ketones (excluding diaryl/α,β-unsaturated/α-hetero) is 1. The molecule has 0 aliphatic heterocycles. The van der Waals surface area contributed by atoms with Crippen molar-refractivity contribution in [2.45, 2.75) is 12.8 Å². The normalized spacial score (nSPS) is 17.3. The van der Waals surface area contributed by atoms with Crippen molar-refractivity contribution in [2.75, 3.05) is 7.11 Å². The van der Waals surface area contributed by atoms with Crippen molar-refractivity contribution in [3.8, 4) is 5.75 Å². The molecule has 0 amide bonds. The number of hydrogen-bond acceptors (Lipinski definition) is 2. The van der Waals surface area contributed by atoms with Crippen LogP contribution in [0, 0.1) is 5.92 Å². The zero-order chi connectivity index (χ0) is 13.2. The van der Waals surface area contributed by atoms with Crippen molar-refractivity contribution in [1.29, 1.82) is 0 Å². The van der Waals surface area contributed by atoms with E-state index in [1.807, 2.05) is 36.4 Å². The number of benzene rings is 2. The van der Waals surface area contributed by atoms with Gasteiger partial charge in [0.05, 0.1) is 7.11 Å². The van der Waals surface area contributed by atoms with Crippen LogP contribution in [-0.2, 0) is 12.8 Å². The molecule has 96 valence electrons. The van der Waals surface area contributed by atoms with E-state index in [1.165, 1.54) is 5.56 Å². The predicted octanol–water partition coefficient (Wildman–Crippen LogP) is 3.29. The second-order valence-electron chi connectivity index (χ2n) is 4.98. The minimum Gasteiger partial charge on any atom is -0.497 e. The molecule has 2 aromatic rings. The van der Waals surface area contributed by atoms with E-state index < -0.39 is 0 Å². The third-order valence-electron chi connectivity index (χ3n) is 3.74. The third kappa shape index (κ3) is 2.26. The van der Waals surface area contributed by atoms with Gasteiger partial charge in [0.1, 0.15) is 5.75 Å². The second-order valence-corrected chi connectivity index (χ2v) is 4.98. The molecule has 0 radical (unpaired) electrons. The molecule has 1 atom stereocenters. The van der Waals surface area contributed by atoms with Crippen LogP contribution in [-0.4, -0.2) is 12.9 Å². The number of ether oxygens (including phenoxy) is 1. The Balaban J connectivity index is 1.83. The van der Waals surface area contributed by atoms with Crippen molar-refractivity contribution >= 4 is 5.78 Å². The van der Waals surface area contributed by atoms with Gasteiger partial charge in [-0.05, 0) is 42.2 Å². The van der Waals surface area contributed by atoms with Gasteiger partial charge in [0.2, 0.25) is 0 Å². The van der Waals surface area contributed by atoms with Crippen LogP contribution in [0.2, 0.25) is 0 Å². The highest BCUT2D eigenvalue weighted by molar-refractivity contribution is 6.02. The van der Waals surface area contributed by atoms with Gasteiger partial charge in [0.15, 0.2) is 5.78 Å². The lowest BCUT2D eigenvalue weighted by Crippen LogP contribution is -2.12. The number of hydrogen-bond donors (Lipinski definition) is 0. The molecule has 2 aromatic carbocycles. The summed E-state index contributed by atoms with van der Waals surface area (Å²) < 4.78 is 5.22. The molecule has 19 heavy (non-hydrogen) atoms. The minimum atomic E-state index is 0.0736. The molecular weight excluding hydrogens is 236 g/mol. The Bertz CT molecular complexity index is 602. The van der Waals surface area contributed by atoms with Gasteiger partial charge in [-0.3, -0.25) is 4.79 Å². The van der Waals surface area contributed by atoms with E-state index in [1.54, 1.807) is 7.11 Å². The van der Waals surface area contributed by atoms with Crippen LogP contribution >= 0.6 is 0 Å². The number of ketones is 1. The highest BCUT2D eigenvalue weighted by Crippen LogP contribution is 2.31. The monoisotopic (exact) mass is 252 g/mol. The van der Waals surface area contributed by atoms with Crippen LogP contribution < -0.4 is 4.74 Å². The first kappa shape index (κ1) is 12.0. The molecule has 0 unspecified atom stereocenters. The van der Waals surface area contributed by atoms with E-state index >= 15 is 0 Å². The number of fused-ring (bicyclic) bond motifs is 1. The molecule has 2 nitrogen and oxygen atoms in total. The van der Waals surface area contributed by atoms with E-state index in [2.05, 4.69) is 12.1 Å². The summed E-state index contributed by atoms with van der Waals surface area (Å²) >= 11 is 0. The fourth-order valence-electron chi connectivity index (χ4n) is 2.75. The molecule has 0 saturated carbocycles. The van der Waals surface area contributed by atoms with Crippen LogP contribution in [0.4, 0.5) is 0 Å². The van der Waals surface area contributed by atoms with Crippen molar-refractivity contribution in [2.24, 2.45) is 5.92 Å². The number of methoxy groups -OCH3 is 1. The van der Waals surface area contributed by atoms with Crippen LogP contribution in [0.25, 0.3) is 0 Å². The van der Waals surface area contributed by atoms with E-state index in [9.17, 15) is 4.79 Å². The summed E-state index contributed by atoms with van der Waals surface area (Å²) in [5.41, 5.74) is 3.20. The second kappa shape index (κ2) is 4.88. The van der Waals surface area contributed by atoms with Crippen LogP contribution in [0.5, 0.6) is 5.75 Å². The molecule has 0 saturated heterocycles. The van der Waals surface area contributed by atoms with Crippen molar-refractivity contribution in [3.05, 3.63) is 65.2 Å². The first-order valence-corrected chi connectivity index (χ1v) is 6.53. The maximum absolute atomic E-state index is 12.4. The van der Waals surface area contributed by atoms with E-state index in [4.69, 9.17) is 4.74 Å². The summed E-state index contributed by atoms with van der Waals surface area (Å²) in [6.07, 6.45) is 1.64. The van der Waals surface area contributed by atoms with Gasteiger partial charge < -0.3 is 4.74 Å². The first-order chi connectivity index (χ1) is 9.28. The van der Waals surface area contributed by atoms with Crippen molar-refractivity contribution in [1.82, 2.24) is 0 Å². The van der Waals surface area contributed by atoms with Gasteiger partial charge in [0.25, 0.3) is 0 Å². The Morgan fingerprint density at radius 3 is 2.68 bits per heavy atom. The number of carbonyl (C=O) groups excluding carboxylic acids is 1. The lowest BCUT2D eigenvalue weighted by Gasteiger charge is -2.07. The number of carbonyl (C=O) groups is 1. The fraction of sp³-hybridized carbons (Fsp3) is 0.235. The quantitative estimate of drug-likeness (QED) is 0.837. The molecule has 0 fully saturated rings. The fourth-order valence-corrected chi connectivity index (χ4v) is 2.75. The van der Waals surface area contributed by atoms with Gasteiger partial charge in [-0.2, -0.15) is 0 Å². The summed E-state index contributed by atoms with van der Waals surface area (Å²) in [4.78, 5) is 12.4. The van der Waals surface area contributed by atoms with Gasteiger partial charge in [-0.1, -0.05) is 30.3 Å². The van der Waals surface area contributed by atoms with Gasteiger partial charge in [0, 0.05) is 11.5 Å². The topological polar surface area (TPSA) is 26.3 Å². The molecule has 2 heteroatoms. The highest BCUT2D eigenvalue weighted by Gasteiger charge is 2.30. The molecule has 0 aromatic heterocycles. The van der Waals surface area contributed by atoms with Crippen molar-refractivity contribution in [3.63, 3.8) is 0 Å². The summed E-state index contributed by atoms with van der Waals surface area (Å²) in [7, 11) is 1.65. The van der Waals surface area contributed by atoms with Crippen LogP contribution in [0.3, 0.4) is 0 Å². The van der Waals surface area contributed by atoms with Crippen LogP contribution in [0.1, 0.15) is 21.5 Å². The molecule has 1 aliphatic carbocycles. The summed E-state index contributed by atoms with van der Waals surface area (Å²) in [6, 6.07) is 15.9. The Morgan fingerprint density at radius 1 is 1.16 bits per heavy atom. The molecule has 1 aliphatic rings. The minimum absolute atomic E-state index is 0.0736. The van der Waals surface area contributed by atoms with Gasteiger partial charge >= 0.3 is 0 Å². The lowest BCUT2D eigenvalue weighted by atomic mass is 9.96. The molecule has 3 rings (SSSR count). The Kier molecular flexibility index (Phi) is 3.08. The average Bonchev–Trinajstić information content (AvgIpc) is 2.76. The first-order valence-electron chi connectivity index (χ1n) is 6.53. The smallest absolute Gasteiger partial charge is 0.166 e. The Labute approximate surface area is 113 Å². The Morgan fingerprint density at radius 2 is 1.95 bits per heavy atom. The summed E-state index contributed by atoms with van der Waals surface area (Å²) in [5, 5.41) is 0. The molecule has 0 N–H and O–H groups in total. The van der Waals surface area contributed by atoms with E-state index in [0.29, 0.717) is 0 Å². The zero-order valence-corrected chi connectivity index (χ0v) is 10.9. The predicted molar refractivity (Wildman–Crippen MR) is 74.7 cm³/mol. The summed E-state index contributed by atoms with van der Waals surface area (Å²) in [5.74, 6) is 1.16. The highest BCUT2D eigenvalue weighted by atomic mass is 16.5. The van der Waals surface area contributed by atoms with E-state index in [-0.39, 0.29) is 11.7 Å². The van der Waals surface area contributed by atoms with Gasteiger partial charge in [-0.15, -0.1) is 0 Å². The maximum Gasteiger partial charge on any atom is 0.166 e. The molecule has 0 spiro atoms. The van der Waals surface area contributed by atoms with Gasteiger partial charge in [-0.25, -0.2) is 0 Å². The molecule has 0 heterocycles. The average molecular weight is 252 g/mol. The largest absolute Gasteiger partial charge is 0.497 e. The maximum atomic E-state index is 12.4. The van der Waals surface area contributed by atoms with Crippen molar-refractivity contribution < 1.29 is 9.53 Å². The van der Waals surface area contributed by atoms with Crippen LogP contribution in [0.15, 0.2) is 48.5 Å². The molecule has 0 bridgehead atoms. The third-order valence-corrected chi connectivity index (χ3v) is 3.74. The lowest BCUT2D eigenvalue weighted by molar-refractivity contribution is 0.0936. The summed E-state index contributed by atoms with van der Waals surface area (Å²) in [6.45, 7) is 0. The SMILES string of the molecule is COc1ccc2c(c1)C[C@@H](Cc1ccccc1)C2=O.